The molecule has 0 bridgehead atoms. The normalized spacial score (nSPS) is 18.9. The Kier molecular flexibility index (Phi) is 4.41. The average molecular weight is 276 g/mol. The van der Waals surface area contributed by atoms with Crippen LogP contribution in [0.4, 0.5) is 4.39 Å². The molecule has 0 saturated carbocycles. The fourth-order valence-electron chi connectivity index (χ4n) is 2.41. The van der Waals surface area contributed by atoms with E-state index in [1.54, 1.807) is 19.1 Å². The third-order valence-corrected chi connectivity index (χ3v) is 3.65. The van der Waals surface area contributed by atoms with Crippen molar-refractivity contribution in [2.24, 2.45) is 0 Å². The van der Waals surface area contributed by atoms with Crippen LogP contribution in [0.25, 0.3) is 0 Å². The number of hydrogen-bond acceptors (Lipinski definition) is 3. The number of ether oxygens (including phenoxy) is 2. The summed E-state index contributed by atoms with van der Waals surface area (Å²) in [6, 6.07) is 5.96. The molecule has 1 fully saturated rings. The van der Waals surface area contributed by atoms with Crippen molar-refractivity contribution in [3.8, 4) is 12.3 Å². The molecule has 0 aliphatic carbocycles. The van der Waals surface area contributed by atoms with Gasteiger partial charge in [0.15, 0.2) is 6.10 Å². The molecule has 2 rings (SSSR count). The van der Waals surface area contributed by atoms with E-state index >= 15 is 0 Å². The Morgan fingerprint density at radius 3 is 2.55 bits per heavy atom. The van der Waals surface area contributed by atoms with Crippen LogP contribution in [0.15, 0.2) is 24.3 Å². The van der Waals surface area contributed by atoms with Crippen molar-refractivity contribution in [1.82, 2.24) is 0 Å². The summed E-state index contributed by atoms with van der Waals surface area (Å²) in [6.45, 7) is 2.59. The Bertz CT molecular complexity index is 510. The molecule has 4 heteroatoms. The van der Waals surface area contributed by atoms with Gasteiger partial charge in [0.2, 0.25) is 0 Å². The van der Waals surface area contributed by atoms with Crippen LogP contribution in [0.2, 0.25) is 0 Å². The molecule has 0 aromatic heterocycles. The molecule has 0 radical (unpaired) electrons. The van der Waals surface area contributed by atoms with E-state index in [1.807, 2.05) is 0 Å². The van der Waals surface area contributed by atoms with Crippen LogP contribution >= 0.6 is 0 Å². The third-order valence-electron chi connectivity index (χ3n) is 3.65. The van der Waals surface area contributed by atoms with Gasteiger partial charge in [-0.2, -0.15) is 0 Å². The first-order valence-corrected chi connectivity index (χ1v) is 6.59. The molecule has 1 saturated heterocycles. The van der Waals surface area contributed by atoms with Crippen molar-refractivity contribution in [3.05, 3.63) is 35.6 Å². The number of carbonyl (C=O) groups is 1. The van der Waals surface area contributed by atoms with E-state index in [0.717, 1.165) is 5.56 Å². The summed E-state index contributed by atoms with van der Waals surface area (Å²) in [7, 11) is 0. The van der Waals surface area contributed by atoms with Crippen LogP contribution in [-0.4, -0.2) is 25.3 Å². The molecule has 0 N–H and O–H groups in total. The van der Waals surface area contributed by atoms with Crippen molar-refractivity contribution in [1.29, 1.82) is 0 Å². The van der Waals surface area contributed by atoms with Crippen LogP contribution in [-0.2, 0) is 19.7 Å². The molecule has 1 aromatic carbocycles. The lowest BCUT2D eigenvalue weighted by Gasteiger charge is -2.35. The standard InChI is InChI=1S/C16H17FO3/c1-3-12(2)20-15(18)16(8-10-19-11-9-16)13-4-6-14(17)7-5-13/h1,4-7,12H,8-11H2,2H3. The van der Waals surface area contributed by atoms with E-state index in [1.165, 1.54) is 12.1 Å². The first kappa shape index (κ1) is 14.5. The van der Waals surface area contributed by atoms with Gasteiger partial charge in [-0.15, -0.1) is 6.42 Å². The molecule has 1 aliphatic heterocycles. The lowest BCUT2D eigenvalue weighted by atomic mass is 9.74. The molecule has 20 heavy (non-hydrogen) atoms. The second-order valence-electron chi connectivity index (χ2n) is 4.92. The van der Waals surface area contributed by atoms with Crippen LogP contribution in [0.3, 0.4) is 0 Å². The highest BCUT2D eigenvalue weighted by molar-refractivity contribution is 5.83. The predicted octanol–water partition coefficient (Wildman–Crippen LogP) is 2.44. The van der Waals surface area contributed by atoms with Crippen molar-refractivity contribution in [2.75, 3.05) is 13.2 Å². The van der Waals surface area contributed by atoms with Gasteiger partial charge in [0, 0.05) is 13.2 Å². The molecular formula is C16H17FO3. The van der Waals surface area contributed by atoms with Gasteiger partial charge >= 0.3 is 5.97 Å². The molecule has 106 valence electrons. The van der Waals surface area contributed by atoms with Gasteiger partial charge in [0.05, 0.1) is 5.41 Å². The van der Waals surface area contributed by atoms with Crippen LogP contribution in [0.5, 0.6) is 0 Å². The fraction of sp³-hybridized carbons (Fsp3) is 0.438. The maximum Gasteiger partial charge on any atom is 0.317 e. The molecule has 1 unspecified atom stereocenters. The molecule has 3 nitrogen and oxygen atoms in total. The second kappa shape index (κ2) is 6.06. The highest BCUT2D eigenvalue weighted by atomic mass is 19.1. The fourth-order valence-corrected chi connectivity index (χ4v) is 2.41. The van der Waals surface area contributed by atoms with Crippen molar-refractivity contribution in [3.63, 3.8) is 0 Å². The number of hydrogen-bond donors (Lipinski definition) is 0. The average Bonchev–Trinajstić information content (AvgIpc) is 2.48. The highest BCUT2D eigenvalue weighted by Crippen LogP contribution is 2.36. The molecule has 1 aromatic rings. The summed E-state index contributed by atoms with van der Waals surface area (Å²) < 4.78 is 23.7. The zero-order valence-corrected chi connectivity index (χ0v) is 11.4. The summed E-state index contributed by atoms with van der Waals surface area (Å²) in [5.41, 5.74) is -0.0479. The van der Waals surface area contributed by atoms with Gasteiger partial charge in [-0.05, 0) is 37.5 Å². The second-order valence-corrected chi connectivity index (χ2v) is 4.92. The zero-order valence-electron chi connectivity index (χ0n) is 11.4. The van der Waals surface area contributed by atoms with Gasteiger partial charge in [-0.3, -0.25) is 4.79 Å². The number of benzene rings is 1. The zero-order chi connectivity index (χ0) is 14.6. The van der Waals surface area contributed by atoms with Gasteiger partial charge in [0.1, 0.15) is 5.82 Å². The SMILES string of the molecule is C#CC(C)OC(=O)C1(c2ccc(F)cc2)CCOCC1. The minimum atomic E-state index is -0.795. The lowest BCUT2D eigenvalue weighted by molar-refractivity contribution is -0.157. The number of terminal acetylenes is 1. The lowest BCUT2D eigenvalue weighted by Crippen LogP contribution is -2.43. The van der Waals surface area contributed by atoms with Gasteiger partial charge in [-0.1, -0.05) is 18.1 Å². The number of halogens is 1. The molecule has 1 heterocycles. The Morgan fingerprint density at radius 1 is 1.40 bits per heavy atom. The molecular weight excluding hydrogens is 259 g/mol. The molecule has 1 aliphatic rings. The third kappa shape index (κ3) is 2.83. The highest BCUT2D eigenvalue weighted by Gasteiger charge is 2.43. The Balaban J connectivity index is 2.32. The Morgan fingerprint density at radius 2 is 2.00 bits per heavy atom. The summed E-state index contributed by atoms with van der Waals surface area (Å²) in [5.74, 6) is 1.68. The number of carbonyl (C=O) groups excluding carboxylic acids is 1. The monoisotopic (exact) mass is 276 g/mol. The smallest absolute Gasteiger partial charge is 0.317 e. The quantitative estimate of drug-likeness (QED) is 0.628. The van der Waals surface area contributed by atoms with Crippen LogP contribution in [0, 0.1) is 18.2 Å². The molecule has 0 spiro atoms. The van der Waals surface area contributed by atoms with Crippen molar-refractivity contribution < 1.29 is 18.7 Å². The first-order valence-electron chi connectivity index (χ1n) is 6.59. The Labute approximate surface area is 118 Å². The van der Waals surface area contributed by atoms with E-state index in [-0.39, 0.29) is 11.8 Å². The van der Waals surface area contributed by atoms with Gasteiger partial charge < -0.3 is 9.47 Å². The van der Waals surface area contributed by atoms with E-state index in [4.69, 9.17) is 15.9 Å². The topological polar surface area (TPSA) is 35.5 Å². The maximum atomic E-state index is 13.1. The van der Waals surface area contributed by atoms with E-state index in [0.29, 0.717) is 26.1 Å². The Hall–Kier alpha value is -1.86. The minimum absolute atomic E-state index is 0.332. The molecule has 1 atom stereocenters. The largest absolute Gasteiger partial charge is 0.449 e. The van der Waals surface area contributed by atoms with Crippen molar-refractivity contribution >= 4 is 5.97 Å². The minimum Gasteiger partial charge on any atom is -0.449 e. The van der Waals surface area contributed by atoms with Crippen molar-refractivity contribution in [2.45, 2.75) is 31.3 Å². The summed E-state index contributed by atoms with van der Waals surface area (Å²) in [4.78, 5) is 12.5. The van der Waals surface area contributed by atoms with Crippen LogP contribution < -0.4 is 0 Å². The summed E-state index contributed by atoms with van der Waals surface area (Å²) >= 11 is 0. The maximum absolute atomic E-state index is 13.1. The van der Waals surface area contributed by atoms with E-state index < -0.39 is 11.5 Å². The summed E-state index contributed by atoms with van der Waals surface area (Å²) in [6.07, 6.45) is 5.69. The number of rotatable bonds is 3. The predicted molar refractivity (Wildman–Crippen MR) is 72.5 cm³/mol. The molecule has 0 amide bonds. The van der Waals surface area contributed by atoms with E-state index in [9.17, 15) is 9.18 Å². The summed E-state index contributed by atoms with van der Waals surface area (Å²) in [5, 5.41) is 0. The first-order chi connectivity index (χ1) is 9.58. The number of esters is 1. The van der Waals surface area contributed by atoms with Crippen LogP contribution in [0.1, 0.15) is 25.3 Å². The van der Waals surface area contributed by atoms with Gasteiger partial charge in [-0.25, -0.2) is 4.39 Å². The van der Waals surface area contributed by atoms with Gasteiger partial charge in [0.25, 0.3) is 0 Å². The van der Waals surface area contributed by atoms with E-state index in [2.05, 4.69) is 5.92 Å².